The molecule has 14 heavy (non-hydrogen) atoms. The highest BCUT2D eigenvalue weighted by atomic mass is 16.3. The predicted molar refractivity (Wildman–Crippen MR) is 56.6 cm³/mol. The van der Waals surface area contributed by atoms with Crippen molar-refractivity contribution in [1.82, 2.24) is 4.90 Å². The third kappa shape index (κ3) is 1.49. The number of nitrogens with zero attached hydrogens (tertiary/aromatic N) is 1. The van der Waals surface area contributed by atoms with Gasteiger partial charge in [-0.3, -0.25) is 4.90 Å². The Morgan fingerprint density at radius 2 is 2.29 bits per heavy atom. The molecule has 0 saturated carbocycles. The Labute approximate surface area is 84.1 Å². The molecule has 1 aromatic rings. The monoisotopic (exact) mass is 192 g/mol. The minimum absolute atomic E-state index is 0.202. The minimum atomic E-state index is 0.202. The van der Waals surface area contributed by atoms with E-state index in [1.807, 2.05) is 19.1 Å². The van der Waals surface area contributed by atoms with Gasteiger partial charge in [-0.15, -0.1) is 0 Å². The van der Waals surface area contributed by atoms with Crippen molar-refractivity contribution in [1.29, 1.82) is 0 Å². The van der Waals surface area contributed by atoms with Crippen molar-refractivity contribution in [2.45, 2.75) is 26.1 Å². The first-order valence-electron chi connectivity index (χ1n) is 4.93. The van der Waals surface area contributed by atoms with E-state index in [-0.39, 0.29) is 12.6 Å². The lowest BCUT2D eigenvalue weighted by molar-refractivity contribution is 0.134. The van der Waals surface area contributed by atoms with Crippen molar-refractivity contribution in [3.05, 3.63) is 29.3 Å². The molecule has 3 nitrogen and oxygen atoms in total. The fraction of sp³-hybridized carbons (Fsp3) is 0.455. The van der Waals surface area contributed by atoms with E-state index in [0.29, 0.717) is 0 Å². The Morgan fingerprint density at radius 3 is 2.93 bits per heavy atom. The molecule has 76 valence electrons. The quantitative estimate of drug-likeness (QED) is 0.686. The summed E-state index contributed by atoms with van der Waals surface area (Å²) in [7, 11) is 0. The molecule has 0 saturated heterocycles. The molecule has 0 aromatic heterocycles. The lowest BCUT2D eigenvalue weighted by Crippen LogP contribution is -2.30. The average Bonchev–Trinajstić information content (AvgIpc) is 2.62. The van der Waals surface area contributed by atoms with Crippen LogP contribution in [-0.2, 0) is 13.1 Å². The first-order valence-corrected chi connectivity index (χ1v) is 4.93. The second kappa shape index (κ2) is 3.59. The third-order valence-corrected chi connectivity index (χ3v) is 2.93. The number of benzene rings is 1. The van der Waals surface area contributed by atoms with Crippen molar-refractivity contribution in [3.63, 3.8) is 0 Å². The third-order valence-electron chi connectivity index (χ3n) is 2.93. The van der Waals surface area contributed by atoms with Crippen LogP contribution >= 0.6 is 0 Å². The van der Waals surface area contributed by atoms with Crippen LogP contribution in [-0.4, -0.2) is 22.7 Å². The highest BCUT2D eigenvalue weighted by Gasteiger charge is 2.23. The van der Waals surface area contributed by atoms with Crippen molar-refractivity contribution >= 4 is 5.69 Å². The van der Waals surface area contributed by atoms with Gasteiger partial charge in [-0.1, -0.05) is 12.1 Å². The van der Waals surface area contributed by atoms with Crippen molar-refractivity contribution < 1.29 is 5.11 Å². The number of hydrogen-bond donors (Lipinski definition) is 2. The first kappa shape index (κ1) is 9.49. The Morgan fingerprint density at radius 1 is 1.50 bits per heavy atom. The van der Waals surface area contributed by atoms with Crippen LogP contribution in [0.25, 0.3) is 0 Å². The zero-order valence-electron chi connectivity index (χ0n) is 8.40. The summed E-state index contributed by atoms with van der Waals surface area (Å²) in [5, 5.41) is 9.07. The number of fused-ring (bicyclic) bond motifs is 1. The molecular weight excluding hydrogens is 176 g/mol. The Kier molecular flexibility index (Phi) is 2.44. The van der Waals surface area contributed by atoms with Gasteiger partial charge in [0, 0.05) is 24.8 Å². The Bertz CT molecular complexity index is 338. The molecule has 1 aliphatic heterocycles. The number of nitrogens with two attached hydrogens (primary N) is 1. The van der Waals surface area contributed by atoms with Crippen LogP contribution in [0.5, 0.6) is 0 Å². The molecule has 0 aliphatic carbocycles. The summed E-state index contributed by atoms with van der Waals surface area (Å²) >= 11 is 0. The molecule has 3 N–H and O–H groups in total. The summed E-state index contributed by atoms with van der Waals surface area (Å²) in [6, 6.07) is 6.24. The molecular formula is C11H16N2O. The normalized spacial score (nSPS) is 18.1. The van der Waals surface area contributed by atoms with E-state index >= 15 is 0 Å². The summed E-state index contributed by atoms with van der Waals surface area (Å²) in [5.74, 6) is 0. The van der Waals surface area contributed by atoms with E-state index < -0.39 is 0 Å². The standard InChI is InChI=1S/C11H16N2O/c1-8(7-14)13-5-9-3-2-4-11(12)10(9)6-13/h2-4,8,14H,5-7,12H2,1H3. The number of aliphatic hydroxyl groups is 1. The number of rotatable bonds is 2. The molecule has 0 spiro atoms. The number of nitrogen functional groups attached to an aromatic ring is 1. The highest BCUT2D eigenvalue weighted by molar-refractivity contribution is 5.52. The van der Waals surface area contributed by atoms with Crippen LogP contribution in [0, 0.1) is 0 Å². The average molecular weight is 192 g/mol. The molecule has 1 unspecified atom stereocenters. The van der Waals surface area contributed by atoms with Gasteiger partial charge in [-0.25, -0.2) is 0 Å². The lowest BCUT2D eigenvalue weighted by Gasteiger charge is -2.21. The summed E-state index contributed by atoms with van der Waals surface area (Å²) in [6.45, 7) is 4.00. The highest BCUT2D eigenvalue weighted by Crippen LogP contribution is 2.28. The van der Waals surface area contributed by atoms with Gasteiger partial charge in [0.05, 0.1) is 6.61 Å². The van der Waals surface area contributed by atoms with Crippen LogP contribution in [0.15, 0.2) is 18.2 Å². The molecule has 1 heterocycles. The van der Waals surface area contributed by atoms with Crippen LogP contribution in [0.1, 0.15) is 18.1 Å². The van der Waals surface area contributed by atoms with Crippen LogP contribution < -0.4 is 5.73 Å². The first-order chi connectivity index (χ1) is 6.72. The topological polar surface area (TPSA) is 49.5 Å². The summed E-state index contributed by atoms with van der Waals surface area (Å²) in [5.41, 5.74) is 9.28. The molecule has 0 radical (unpaired) electrons. The zero-order valence-corrected chi connectivity index (χ0v) is 8.40. The van der Waals surface area contributed by atoms with Gasteiger partial charge in [0.15, 0.2) is 0 Å². The van der Waals surface area contributed by atoms with Crippen molar-refractivity contribution in [2.75, 3.05) is 12.3 Å². The molecule has 1 aromatic carbocycles. The molecule has 0 amide bonds. The Hall–Kier alpha value is -1.06. The van der Waals surface area contributed by atoms with Crippen LogP contribution in [0.4, 0.5) is 5.69 Å². The van der Waals surface area contributed by atoms with E-state index in [9.17, 15) is 0 Å². The molecule has 1 aliphatic rings. The van der Waals surface area contributed by atoms with E-state index in [1.165, 1.54) is 11.1 Å². The van der Waals surface area contributed by atoms with E-state index in [2.05, 4.69) is 11.0 Å². The van der Waals surface area contributed by atoms with Gasteiger partial charge in [-0.05, 0) is 24.1 Å². The van der Waals surface area contributed by atoms with Crippen molar-refractivity contribution in [3.8, 4) is 0 Å². The van der Waals surface area contributed by atoms with Gasteiger partial charge in [0.2, 0.25) is 0 Å². The molecule has 1 atom stereocenters. The molecule has 3 heteroatoms. The lowest BCUT2D eigenvalue weighted by atomic mass is 10.1. The number of hydrogen-bond acceptors (Lipinski definition) is 3. The van der Waals surface area contributed by atoms with Gasteiger partial charge >= 0.3 is 0 Å². The maximum atomic E-state index is 9.07. The smallest absolute Gasteiger partial charge is 0.0584 e. The van der Waals surface area contributed by atoms with Gasteiger partial charge in [0.1, 0.15) is 0 Å². The molecule has 0 bridgehead atoms. The fourth-order valence-corrected chi connectivity index (χ4v) is 1.90. The van der Waals surface area contributed by atoms with E-state index in [1.54, 1.807) is 0 Å². The van der Waals surface area contributed by atoms with E-state index in [0.717, 1.165) is 18.8 Å². The predicted octanol–water partition coefficient (Wildman–Crippen LogP) is 0.965. The second-order valence-corrected chi connectivity index (χ2v) is 3.92. The van der Waals surface area contributed by atoms with Crippen molar-refractivity contribution in [2.24, 2.45) is 0 Å². The van der Waals surface area contributed by atoms with E-state index in [4.69, 9.17) is 10.8 Å². The maximum absolute atomic E-state index is 9.07. The van der Waals surface area contributed by atoms with Gasteiger partial charge in [-0.2, -0.15) is 0 Å². The summed E-state index contributed by atoms with van der Waals surface area (Å²) < 4.78 is 0. The SMILES string of the molecule is CC(CO)N1Cc2cccc(N)c2C1. The fourth-order valence-electron chi connectivity index (χ4n) is 1.90. The second-order valence-electron chi connectivity index (χ2n) is 3.92. The molecule has 2 rings (SSSR count). The number of anilines is 1. The molecule has 0 fully saturated rings. The number of aliphatic hydroxyl groups excluding tert-OH is 1. The largest absolute Gasteiger partial charge is 0.398 e. The minimum Gasteiger partial charge on any atom is -0.398 e. The zero-order chi connectivity index (χ0) is 10.1. The summed E-state index contributed by atoms with van der Waals surface area (Å²) in [4.78, 5) is 2.24. The van der Waals surface area contributed by atoms with Gasteiger partial charge < -0.3 is 10.8 Å². The van der Waals surface area contributed by atoms with Crippen LogP contribution in [0.3, 0.4) is 0 Å². The van der Waals surface area contributed by atoms with Crippen LogP contribution in [0.2, 0.25) is 0 Å². The maximum Gasteiger partial charge on any atom is 0.0584 e. The van der Waals surface area contributed by atoms with Gasteiger partial charge in [0.25, 0.3) is 0 Å². The Balaban J connectivity index is 2.22. The summed E-state index contributed by atoms with van der Waals surface area (Å²) in [6.07, 6.45) is 0.